The van der Waals surface area contributed by atoms with Crippen LogP contribution < -0.4 is 10.0 Å². The Kier molecular flexibility index (Phi) is 5.05. The number of sulfonamides is 1. The molecule has 0 saturated heterocycles. The number of anilines is 1. The molecule has 0 unspecified atom stereocenters. The standard InChI is InChI=1S/C22H23FN2O4S/c1-12(2)24-22(26)20-17-10-16(13-4-5-13)18(25-30(3,27)28)11-19(17)29-21(20)14-6-8-15(23)9-7-14/h6-13,25H,4-5H2,1-3H3,(H,24,26). The van der Waals surface area contributed by atoms with Gasteiger partial charge >= 0.3 is 0 Å². The summed E-state index contributed by atoms with van der Waals surface area (Å²) in [7, 11) is -3.48. The highest BCUT2D eigenvalue weighted by Crippen LogP contribution is 2.46. The van der Waals surface area contributed by atoms with Crippen LogP contribution in [0.1, 0.15) is 48.5 Å². The Bertz CT molecular complexity index is 1230. The van der Waals surface area contributed by atoms with E-state index < -0.39 is 15.8 Å². The predicted octanol–water partition coefficient (Wildman–Crippen LogP) is 4.63. The fraction of sp³-hybridized carbons (Fsp3) is 0.318. The summed E-state index contributed by atoms with van der Waals surface area (Å²) in [6, 6.07) is 9.10. The van der Waals surface area contributed by atoms with Crippen molar-refractivity contribution in [2.45, 2.75) is 38.6 Å². The van der Waals surface area contributed by atoms with Crippen LogP contribution in [0.2, 0.25) is 0 Å². The molecule has 158 valence electrons. The highest BCUT2D eigenvalue weighted by Gasteiger charge is 2.30. The Morgan fingerprint density at radius 3 is 2.40 bits per heavy atom. The second kappa shape index (κ2) is 7.43. The topological polar surface area (TPSA) is 88.4 Å². The van der Waals surface area contributed by atoms with E-state index in [0.29, 0.717) is 33.5 Å². The lowest BCUT2D eigenvalue weighted by Crippen LogP contribution is -2.30. The number of furan rings is 1. The maximum Gasteiger partial charge on any atom is 0.256 e. The quantitative estimate of drug-likeness (QED) is 0.597. The van der Waals surface area contributed by atoms with Crippen molar-refractivity contribution in [3.8, 4) is 11.3 Å². The van der Waals surface area contributed by atoms with Crippen molar-refractivity contribution in [1.29, 1.82) is 0 Å². The third kappa shape index (κ3) is 4.18. The number of hydrogen-bond donors (Lipinski definition) is 2. The molecule has 0 aliphatic heterocycles. The number of nitrogens with one attached hydrogen (secondary N) is 2. The maximum absolute atomic E-state index is 13.4. The van der Waals surface area contributed by atoms with Crippen LogP contribution in [0.3, 0.4) is 0 Å². The normalized spacial score (nSPS) is 14.3. The zero-order valence-electron chi connectivity index (χ0n) is 17.0. The lowest BCUT2D eigenvalue weighted by molar-refractivity contribution is 0.0944. The van der Waals surface area contributed by atoms with Gasteiger partial charge in [0.1, 0.15) is 17.2 Å². The number of carbonyl (C=O) groups is 1. The number of halogens is 1. The largest absolute Gasteiger partial charge is 0.455 e. The fourth-order valence-electron chi connectivity index (χ4n) is 3.54. The molecule has 1 aromatic heterocycles. The highest BCUT2D eigenvalue weighted by molar-refractivity contribution is 7.92. The SMILES string of the molecule is CC(C)NC(=O)c1c(-c2ccc(F)cc2)oc2cc(NS(C)(=O)=O)c(C3CC3)cc12. The number of fused-ring (bicyclic) bond motifs is 1. The monoisotopic (exact) mass is 430 g/mol. The van der Waals surface area contributed by atoms with Crippen molar-refractivity contribution >= 4 is 32.6 Å². The molecule has 3 aromatic rings. The summed E-state index contributed by atoms with van der Waals surface area (Å²) in [5, 5.41) is 3.50. The summed E-state index contributed by atoms with van der Waals surface area (Å²) in [5.41, 5.74) is 2.62. The highest BCUT2D eigenvalue weighted by atomic mass is 32.2. The van der Waals surface area contributed by atoms with Crippen LogP contribution in [-0.2, 0) is 10.0 Å². The van der Waals surface area contributed by atoms with Gasteiger partial charge in [-0.15, -0.1) is 0 Å². The second-order valence-corrected chi connectivity index (χ2v) is 9.77. The Morgan fingerprint density at radius 1 is 1.17 bits per heavy atom. The average molecular weight is 431 g/mol. The van der Waals surface area contributed by atoms with E-state index in [2.05, 4.69) is 10.0 Å². The summed E-state index contributed by atoms with van der Waals surface area (Å²) >= 11 is 0. The summed E-state index contributed by atoms with van der Waals surface area (Å²) in [6.45, 7) is 3.73. The third-order valence-corrected chi connectivity index (χ3v) is 5.52. The van der Waals surface area contributed by atoms with Crippen molar-refractivity contribution in [2.24, 2.45) is 0 Å². The van der Waals surface area contributed by atoms with E-state index in [9.17, 15) is 17.6 Å². The van der Waals surface area contributed by atoms with E-state index in [1.165, 1.54) is 12.1 Å². The van der Waals surface area contributed by atoms with Crippen molar-refractivity contribution in [1.82, 2.24) is 5.32 Å². The molecule has 8 heteroatoms. The van der Waals surface area contributed by atoms with Crippen molar-refractivity contribution < 1.29 is 22.0 Å². The van der Waals surface area contributed by atoms with E-state index in [0.717, 1.165) is 24.7 Å². The molecule has 1 aliphatic rings. The molecule has 0 radical (unpaired) electrons. The van der Waals surface area contributed by atoms with Crippen LogP contribution in [0, 0.1) is 5.82 Å². The lowest BCUT2D eigenvalue weighted by Gasteiger charge is -2.11. The second-order valence-electron chi connectivity index (χ2n) is 8.03. The molecule has 2 N–H and O–H groups in total. The van der Waals surface area contributed by atoms with Gasteiger partial charge in [0.05, 0.1) is 17.5 Å². The first-order valence-electron chi connectivity index (χ1n) is 9.77. The van der Waals surface area contributed by atoms with E-state index in [1.54, 1.807) is 18.2 Å². The minimum atomic E-state index is -3.48. The van der Waals surface area contributed by atoms with E-state index in [1.807, 2.05) is 19.9 Å². The van der Waals surface area contributed by atoms with Crippen LogP contribution in [0.5, 0.6) is 0 Å². The molecule has 1 aliphatic carbocycles. The van der Waals surface area contributed by atoms with Gasteiger partial charge < -0.3 is 9.73 Å². The molecular weight excluding hydrogens is 407 g/mol. The predicted molar refractivity (Wildman–Crippen MR) is 115 cm³/mol. The van der Waals surface area contributed by atoms with Crippen LogP contribution >= 0.6 is 0 Å². The van der Waals surface area contributed by atoms with Crippen LogP contribution in [0.15, 0.2) is 40.8 Å². The Labute approximate surface area is 174 Å². The van der Waals surface area contributed by atoms with Gasteiger partial charge in [-0.1, -0.05) is 0 Å². The van der Waals surface area contributed by atoms with E-state index in [-0.39, 0.29) is 17.9 Å². The molecular formula is C22H23FN2O4S. The molecule has 1 fully saturated rings. The zero-order valence-corrected chi connectivity index (χ0v) is 17.8. The number of benzene rings is 2. The summed E-state index contributed by atoms with van der Waals surface area (Å²) in [4.78, 5) is 13.0. The van der Waals surface area contributed by atoms with E-state index >= 15 is 0 Å². The van der Waals surface area contributed by atoms with Crippen molar-refractivity contribution in [3.63, 3.8) is 0 Å². The van der Waals surface area contributed by atoms with E-state index in [4.69, 9.17) is 4.42 Å². The van der Waals surface area contributed by atoms with Gasteiger partial charge in [0.2, 0.25) is 10.0 Å². The number of hydrogen-bond acceptors (Lipinski definition) is 4. The molecule has 0 atom stereocenters. The van der Waals surface area contributed by atoms with Crippen LogP contribution in [0.25, 0.3) is 22.3 Å². The first-order valence-corrected chi connectivity index (χ1v) is 11.7. The van der Waals surface area contributed by atoms with Gasteiger partial charge in [0, 0.05) is 23.1 Å². The van der Waals surface area contributed by atoms with Gasteiger partial charge in [-0.25, -0.2) is 12.8 Å². The van der Waals surface area contributed by atoms with Crippen molar-refractivity contribution in [3.05, 3.63) is 53.3 Å². The minimum absolute atomic E-state index is 0.0856. The summed E-state index contributed by atoms with van der Waals surface area (Å²) in [5.74, 6) is -0.127. The Hall–Kier alpha value is -2.87. The van der Waals surface area contributed by atoms with Gasteiger partial charge in [0.25, 0.3) is 5.91 Å². The third-order valence-electron chi connectivity index (χ3n) is 4.93. The van der Waals surface area contributed by atoms with Gasteiger partial charge in [-0.3, -0.25) is 9.52 Å². The molecule has 4 rings (SSSR count). The lowest BCUT2D eigenvalue weighted by atomic mass is 10.0. The molecule has 6 nitrogen and oxygen atoms in total. The molecule has 1 saturated carbocycles. The fourth-order valence-corrected chi connectivity index (χ4v) is 4.12. The molecule has 0 spiro atoms. The van der Waals surface area contributed by atoms with Gasteiger partial charge in [0.15, 0.2) is 0 Å². The Morgan fingerprint density at radius 2 is 1.83 bits per heavy atom. The first kappa shape index (κ1) is 20.4. The molecule has 2 aromatic carbocycles. The minimum Gasteiger partial charge on any atom is -0.455 e. The summed E-state index contributed by atoms with van der Waals surface area (Å²) in [6.07, 6.45) is 3.02. The van der Waals surface area contributed by atoms with Crippen molar-refractivity contribution in [2.75, 3.05) is 11.0 Å². The van der Waals surface area contributed by atoms with Crippen LogP contribution in [0.4, 0.5) is 10.1 Å². The zero-order chi connectivity index (χ0) is 21.6. The Balaban J connectivity index is 1.95. The smallest absolute Gasteiger partial charge is 0.256 e. The molecule has 1 heterocycles. The maximum atomic E-state index is 13.4. The van der Waals surface area contributed by atoms with Crippen LogP contribution in [-0.4, -0.2) is 26.6 Å². The molecule has 30 heavy (non-hydrogen) atoms. The first-order chi connectivity index (χ1) is 14.1. The number of rotatable bonds is 6. The number of amides is 1. The van der Waals surface area contributed by atoms with Gasteiger partial charge in [-0.2, -0.15) is 0 Å². The van der Waals surface area contributed by atoms with Gasteiger partial charge in [-0.05, 0) is 68.5 Å². The molecule has 0 bridgehead atoms. The average Bonchev–Trinajstić information content (AvgIpc) is 3.40. The number of carbonyl (C=O) groups excluding carboxylic acids is 1. The molecule has 1 amide bonds. The summed E-state index contributed by atoms with van der Waals surface area (Å²) < 4.78 is 45.7.